The summed E-state index contributed by atoms with van der Waals surface area (Å²) in [6.07, 6.45) is 0. The van der Waals surface area contributed by atoms with Crippen LogP contribution in [0.1, 0.15) is 13.8 Å². The van der Waals surface area contributed by atoms with Crippen LogP contribution in [0.2, 0.25) is 0 Å². The van der Waals surface area contributed by atoms with Gasteiger partial charge in [0.25, 0.3) is 0 Å². The van der Waals surface area contributed by atoms with Crippen LogP contribution in [0.15, 0.2) is 0 Å². The first-order valence-corrected chi connectivity index (χ1v) is 5.38. The topological polar surface area (TPSA) is 9.23 Å². The highest BCUT2D eigenvalue weighted by Crippen LogP contribution is 2.08. The first-order chi connectivity index (χ1) is 4.22. The van der Waals surface area contributed by atoms with E-state index in [1.54, 1.807) is 0 Å². The van der Waals surface area contributed by atoms with Gasteiger partial charge in [0.1, 0.15) is 0 Å². The van der Waals surface area contributed by atoms with Crippen LogP contribution in [-0.2, 0) is 16.5 Å². The van der Waals surface area contributed by atoms with Crippen molar-refractivity contribution >= 4 is 36.4 Å². The SMILES string of the molecule is CCOC(=S)C(C)[PH+]=S. The molecule has 0 rings (SSSR count). The molecule has 0 aliphatic rings. The van der Waals surface area contributed by atoms with E-state index in [1.165, 1.54) is 0 Å². The Morgan fingerprint density at radius 1 is 1.78 bits per heavy atom. The van der Waals surface area contributed by atoms with E-state index in [-0.39, 0.29) is 5.66 Å². The third-order valence-corrected chi connectivity index (χ3v) is 3.17. The minimum atomic E-state index is 0.273. The van der Waals surface area contributed by atoms with Gasteiger partial charge in [-0.1, -0.05) is 0 Å². The van der Waals surface area contributed by atoms with E-state index >= 15 is 0 Å². The molecule has 0 aromatic heterocycles. The predicted octanol–water partition coefficient (Wildman–Crippen LogP) is 1.88. The number of thiocarbonyl (C=S) groups is 1. The Morgan fingerprint density at radius 2 is 2.33 bits per heavy atom. The van der Waals surface area contributed by atoms with Crippen LogP contribution in [0.3, 0.4) is 0 Å². The Balaban J connectivity index is 3.58. The molecule has 0 aliphatic heterocycles. The minimum Gasteiger partial charge on any atom is -0.483 e. The summed E-state index contributed by atoms with van der Waals surface area (Å²) in [5, 5.41) is 0.658. The zero-order valence-electron chi connectivity index (χ0n) is 5.51. The van der Waals surface area contributed by atoms with Gasteiger partial charge in [-0.15, -0.1) is 0 Å². The van der Waals surface area contributed by atoms with E-state index in [0.717, 1.165) is 0 Å². The van der Waals surface area contributed by atoms with Crippen LogP contribution >= 0.6 is 19.6 Å². The summed E-state index contributed by atoms with van der Waals surface area (Å²) in [5.41, 5.74) is 0.273. The molecule has 1 nitrogen and oxygen atoms in total. The zero-order valence-corrected chi connectivity index (χ0v) is 8.14. The summed E-state index contributed by atoms with van der Waals surface area (Å²) >= 11 is 9.72. The molecule has 0 heterocycles. The van der Waals surface area contributed by atoms with Crippen molar-refractivity contribution in [1.82, 2.24) is 0 Å². The van der Waals surface area contributed by atoms with Gasteiger partial charge in [-0.3, -0.25) is 0 Å². The van der Waals surface area contributed by atoms with E-state index < -0.39 is 0 Å². The molecular weight excluding hydrogens is 171 g/mol. The Morgan fingerprint density at radius 3 is 2.67 bits per heavy atom. The van der Waals surface area contributed by atoms with Crippen LogP contribution in [0.4, 0.5) is 0 Å². The van der Waals surface area contributed by atoms with Gasteiger partial charge in [-0.2, -0.15) is 0 Å². The van der Waals surface area contributed by atoms with Gasteiger partial charge in [-0.25, -0.2) is 0 Å². The fraction of sp³-hybridized carbons (Fsp3) is 0.800. The summed E-state index contributed by atoms with van der Waals surface area (Å²) in [6, 6.07) is 0. The van der Waals surface area contributed by atoms with Crippen molar-refractivity contribution < 1.29 is 4.74 Å². The van der Waals surface area contributed by atoms with Crippen molar-refractivity contribution in [3.05, 3.63) is 0 Å². The summed E-state index contributed by atoms with van der Waals surface area (Å²) in [6.45, 7) is 4.57. The first-order valence-electron chi connectivity index (χ1n) is 2.76. The average molecular weight is 181 g/mol. The largest absolute Gasteiger partial charge is 0.483 e. The lowest BCUT2D eigenvalue weighted by Gasteiger charge is -2.01. The van der Waals surface area contributed by atoms with Crippen LogP contribution < -0.4 is 0 Å². The van der Waals surface area contributed by atoms with Gasteiger partial charge in [0, 0.05) is 0 Å². The summed E-state index contributed by atoms with van der Waals surface area (Å²) < 4.78 is 5.07. The monoisotopic (exact) mass is 181 g/mol. The minimum absolute atomic E-state index is 0.273. The highest BCUT2D eigenvalue weighted by molar-refractivity contribution is 7.97. The van der Waals surface area contributed by atoms with Gasteiger partial charge >= 0.3 is 0 Å². The molecule has 0 spiro atoms. The van der Waals surface area contributed by atoms with Crippen LogP contribution in [0.25, 0.3) is 0 Å². The van der Waals surface area contributed by atoms with E-state index in [9.17, 15) is 0 Å². The Hall–Kier alpha value is 0.410. The smallest absolute Gasteiger partial charge is 0.208 e. The van der Waals surface area contributed by atoms with Gasteiger partial charge < -0.3 is 4.74 Å². The quantitative estimate of drug-likeness (QED) is 0.486. The lowest BCUT2D eigenvalue weighted by molar-refractivity contribution is 0.329. The van der Waals surface area contributed by atoms with Gasteiger partial charge in [0.15, 0.2) is 24.8 Å². The molecule has 0 saturated heterocycles. The zero-order chi connectivity index (χ0) is 7.28. The van der Waals surface area contributed by atoms with Crippen LogP contribution in [-0.4, -0.2) is 17.3 Å². The van der Waals surface area contributed by atoms with Crippen LogP contribution in [0, 0.1) is 0 Å². The fourth-order valence-electron chi connectivity index (χ4n) is 0.315. The molecule has 0 amide bonds. The Bertz CT molecular complexity index is 116. The maximum atomic E-state index is 5.07. The van der Waals surface area contributed by atoms with E-state index in [0.29, 0.717) is 19.0 Å². The first kappa shape index (κ1) is 9.41. The van der Waals surface area contributed by atoms with Gasteiger partial charge in [0.05, 0.1) is 6.61 Å². The molecule has 9 heavy (non-hydrogen) atoms. The highest BCUT2D eigenvalue weighted by Gasteiger charge is 2.12. The Kier molecular flexibility index (Phi) is 5.45. The second-order valence-corrected chi connectivity index (χ2v) is 3.80. The third kappa shape index (κ3) is 3.90. The molecule has 52 valence electrons. The predicted molar refractivity (Wildman–Crippen MR) is 49.4 cm³/mol. The van der Waals surface area contributed by atoms with Crippen molar-refractivity contribution in [3.8, 4) is 0 Å². The van der Waals surface area contributed by atoms with E-state index in [2.05, 4.69) is 0 Å². The molecule has 0 aliphatic carbocycles. The second-order valence-electron chi connectivity index (χ2n) is 1.59. The highest BCUT2D eigenvalue weighted by atomic mass is 32.4. The lowest BCUT2D eigenvalue weighted by atomic mass is 10.5. The summed E-state index contributed by atoms with van der Waals surface area (Å²) in [5.74, 6) is 0. The lowest BCUT2D eigenvalue weighted by Crippen LogP contribution is -2.11. The molecule has 0 bridgehead atoms. The number of hydrogen-bond acceptors (Lipinski definition) is 3. The van der Waals surface area contributed by atoms with Crippen molar-refractivity contribution in [2.45, 2.75) is 19.5 Å². The molecule has 2 unspecified atom stereocenters. The molecule has 0 fully saturated rings. The molecule has 0 aromatic carbocycles. The summed E-state index contributed by atoms with van der Waals surface area (Å²) in [4.78, 5) is 0. The van der Waals surface area contributed by atoms with Crippen molar-refractivity contribution in [2.75, 3.05) is 6.61 Å². The molecule has 2 atom stereocenters. The third-order valence-electron chi connectivity index (χ3n) is 0.817. The van der Waals surface area contributed by atoms with Crippen molar-refractivity contribution in [2.24, 2.45) is 0 Å². The molecule has 4 heteroatoms. The number of ether oxygens (including phenoxy) is 1. The van der Waals surface area contributed by atoms with Crippen molar-refractivity contribution in [3.63, 3.8) is 0 Å². The average Bonchev–Trinajstić information content (AvgIpc) is 1.87. The molecular formula is C5H10OPS2+. The molecule has 0 radical (unpaired) electrons. The fourth-order valence-corrected chi connectivity index (χ4v) is 1.33. The van der Waals surface area contributed by atoms with Gasteiger partial charge in [-0.05, 0) is 26.1 Å². The van der Waals surface area contributed by atoms with E-state index in [4.69, 9.17) is 28.8 Å². The van der Waals surface area contributed by atoms with Crippen LogP contribution in [0.5, 0.6) is 0 Å². The number of hydrogen-bond donors (Lipinski definition) is 0. The summed E-state index contributed by atoms with van der Waals surface area (Å²) in [7, 11) is 0.439. The maximum absolute atomic E-state index is 5.07. The molecule has 0 saturated carbocycles. The van der Waals surface area contributed by atoms with Gasteiger partial charge in [0.2, 0.25) is 5.05 Å². The maximum Gasteiger partial charge on any atom is 0.208 e. The molecule has 0 N–H and O–H groups in total. The number of rotatable bonds is 3. The standard InChI is InChI=1S/C5H9OPS2/c1-3-6-5(8)4(2)7-9/h4H,3H2,1-2H3/p+1. The normalized spacial score (nSPS) is 13.1. The Labute approximate surface area is 67.6 Å². The molecule has 0 aromatic rings. The second kappa shape index (κ2) is 5.21. The van der Waals surface area contributed by atoms with Crippen molar-refractivity contribution in [1.29, 1.82) is 0 Å². The van der Waals surface area contributed by atoms with E-state index in [1.807, 2.05) is 13.8 Å².